The molecule has 0 heterocycles. The van der Waals surface area contributed by atoms with Crippen LogP contribution in [0, 0.1) is 12.1 Å². The van der Waals surface area contributed by atoms with Crippen LogP contribution in [0.15, 0.2) is 182 Å². The van der Waals surface area contributed by atoms with E-state index in [1.165, 1.54) is 89.0 Å². The molecule has 8 aromatic rings. The second-order valence-electron chi connectivity index (χ2n) is 13.7. The van der Waals surface area contributed by atoms with E-state index < -0.39 is 0 Å². The summed E-state index contributed by atoms with van der Waals surface area (Å²) in [6, 6.07) is 72.8. The van der Waals surface area contributed by atoms with Crippen molar-refractivity contribution >= 4 is 0 Å². The average molecular weight is 670 g/mol. The number of benzene rings is 8. The average Bonchev–Trinajstić information content (AvgIpc) is 3.88. The van der Waals surface area contributed by atoms with E-state index in [0.29, 0.717) is 0 Å². The SMILES string of the molecule is [K+].[c-]1ccc2c(c1)C1(c3ccccc3-2)c2ccccc2-c2ccccc21.[c-]1ccc2c(c1)C1(c3ccccc3-2)c2ccccc2-c2ccccc21. The van der Waals surface area contributed by atoms with Gasteiger partial charge >= 0.3 is 51.4 Å². The zero-order chi connectivity index (χ0) is 32.9. The molecule has 0 atom stereocenters. The van der Waals surface area contributed by atoms with Crippen LogP contribution in [0.2, 0.25) is 0 Å². The molecule has 0 aromatic heterocycles. The number of rotatable bonds is 0. The number of hydrogen-bond acceptors (Lipinski definition) is 0. The maximum Gasteiger partial charge on any atom is 1.00 e. The molecule has 0 N–H and O–H groups in total. The Morgan fingerprint density at radius 1 is 0.255 bits per heavy atom. The Bertz CT molecular complexity index is 2120. The Morgan fingerprint density at radius 2 is 0.471 bits per heavy atom. The van der Waals surface area contributed by atoms with Crippen LogP contribution in [0.3, 0.4) is 0 Å². The summed E-state index contributed by atoms with van der Waals surface area (Å²) in [5, 5.41) is 0. The molecule has 0 saturated carbocycles. The van der Waals surface area contributed by atoms with Crippen molar-refractivity contribution in [3.63, 3.8) is 0 Å². The molecule has 2 spiro atoms. The molecule has 232 valence electrons. The van der Waals surface area contributed by atoms with Crippen LogP contribution in [-0.2, 0) is 10.8 Å². The summed E-state index contributed by atoms with van der Waals surface area (Å²) in [5.74, 6) is 0. The molecule has 8 aromatic carbocycles. The second kappa shape index (κ2) is 11.7. The van der Waals surface area contributed by atoms with Crippen molar-refractivity contribution in [1.29, 1.82) is 0 Å². The molecule has 1 heteroatoms. The molecule has 12 rings (SSSR count). The fraction of sp³-hybridized carbons (Fsp3) is 0.0400. The maximum absolute atomic E-state index is 3.34. The van der Waals surface area contributed by atoms with Crippen LogP contribution in [-0.4, -0.2) is 0 Å². The van der Waals surface area contributed by atoms with E-state index in [1.807, 2.05) is 12.1 Å². The molecule has 0 amide bonds. The molecule has 0 unspecified atom stereocenters. The van der Waals surface area contributed by atoms with Gasteiger partial charge in [-0.2, -0.15) is 48.5 Å². The van der Waals surface area contributed by atoms with Crippen LogP contribution in [0.25, 0.3) is 44.5 Å². The summed E-state index contributed by atoms with van der Waals surface area (Å²) in [4.78, 5) is 0. The summed E-state index contributed by atoms with van der Waals surface area (Å²) < 4.78 is 0. The molecular weight excluding hydrogens is 640 g/mol. The van der Waals surface area contributed by atoms with Gasteiger partial charge in [-0.15, -0.1) is 22.3 Å². The van der Waals surface area contributed by atoms with Crippen LogP contribution < -0.4 is 51.4 Å². The molecular formula is C50H30K-. The molecule has 0 aliphatic heterocycles. The van der Waals surface area contributed by atoms with E-state index in [1.54, 1.807) is 0 Å². The Hall–Kier alpha value is -4.60. The smallest absolute Gasteiger partial charge is 0.183 e. The van der Waals surface area contributed by atoms with Gasteiger partial charge in [0, 0.05) is 10.8 Å². The molecule has 51 heavy (non-hydrogen) atoms. The zero-order valence-corrected chi connectivity index (χ0v) is 31.4. The molecule has 0 saturated heterocycles. The van der Waals surface area contributed by atoms with Crippen molar-refractivity contribution in [3.05, 3.63) is 239 Å². The summed E-state index contributed by atoms with van der Waals surface area (Å²) in [5.41, 5.74) is 21.4. The normalized spacial score (nSPS) is 14.4. The standard InChI is InChI=1S/2C25H15.K/c2*1-5-13-21-17(9-1)18-10-2-6-14-22(18)25(21)23-15-7-3-11-19(23)20-12-4-8-16-24(20)25;/h2*1-7,9-16H;/q2*-1;+1. The zero-order valence-electron chi connectivity index (χ0n) is 28.3. The van der Waals surface area contributed by atoms with Crippen molar-refractivity contribution < 1.29 is 51.4 Å². The second-order valence-corrected chi connectivity index (χ2v) is 13.7. The van der Waals surface area contributed by atoms with Gasteiger partial charge in [-0.05, 0) is 66.8 Å². The Balaban J connectivity index is 0.000000126. The van der Waals surface area contributed by atoms with E-state index in [-0.39, 0.29) is 62.2 Å². The van der Waals surface area contributed by atoms with E-state index in [2.05, 4.69) is 182 Å². The number of hydrogen-bond donors (Lipinski definition) is 0. The topological polar surface area (TPSA) is 0 Å². The Morgan fingerprint density at radius 3 is 0.725 bits per heavy atom. The third kappa shape index (κ3) is 3.94. The van der Waals surface area contributed by atoms with Crippen molar-refractivity contribution in [2.45, 2.75) is 10.8 Å². The summed E-state index contributed by atoms with van der Waals surface area (Å²) in [6.45, 7) is 0. The first-order chi connectivity index (χ1) is 24.8. The van der Waals surface area contributed by atoms with Crippen LogP contribution in [0.5, 0.6) is 0 Å². The third-order valence-electron chi connectivity index (χ3n) is 11.7. The largest absolute Gasteiger partial charge is 1.00 e. The van der Waals surface area contributed by atoms with E-state index in [0.717, 1.165) is 0 Å². The quantitative estimate of drug-likeness (QED) is 0.112. The molecule has 4 aliphatic rings. The van der Waals surface area contributed by atoms with Crippen molar-refractivity contribution in [2.24, 2.45) is 0 Å². The van der Waals surface area contributed by atoms with Gasteiger partial charge in [-0.3, -0.25) is 0 Å². The summed E-state index contributed by atoms with van der Waals surface area (Å²) >= 11 is 0. The first-order valence-electron chi connectivity index (χ1n) is 17.4. The van der Waals surface area contributed by atoms with Gasteiger partial charge in [0.2, 0.25) is 0 Å². The van der Waals surface area contributed by atoms with Gasteiger partial charge < -0.3 is 0 Å². The minimum atomic E-state index is -0.211. The van der Waals surface area contributed by atoms with Crippen LogP contribution >= 0.6 is 0 Å². The van der Waals surface area contributed by atoms with Gasteiger partial charge in [0.1, 0.15) is 0 Å². The van der Waals surface area contributed by atoms with Crippen LogP contribution in [0.1, 0.15) is 44.5 Å². The van der Waals surface area contributed by atoms with E-state index >= 15 is 0 Å². The first kappa shape index (κ1) is 31.2. The van der Waals surface area contributed by atoms with Gasteiger partial charge in [-0.25, -0.2) is 0 Å². The molecule has 0 nitrogen and oxygen atoms in total. The maximum atomic E-state index is 3.34. The van der Waals surface area contributed by atoms with Gasteiger partial charge in [0.15, 0.2) is 0 Å². The van der Waals surface area contributed by atoms with Gasteiger partial charge in [-0.1, -0.05) is 146 Å². The minimum Gasteiger partial charge on any atom is -0.183 e. The molecule has 4 aliphatic carbocycles. The monoisotopic (exact) mass is 669 g/mol. The third-order valence-corrected chi connectivity index (χ3v) is 11.7. The predicted octanol–water partition coefficient (Wildman–Crippen LogP) is 8.66. The van der Waals surface area contributed by atoms with Crippen molar-refractivity contribution in [1.82, 2.24) is 0 Å². The molecule has 0 fully saturated rings. The molecule has 0 bridgehead atoms. The fourth-order valence-electron chi connectivity index (χ4n) is 9.96. The van der Waals surface area contributed by atoms with Crippen molar-refractivity contribution in [2.75, 3.05) is 0 Å². The summed E-state index contributed by atoms with van der Waals surface area (Å²) in [6.07, 6.45) is 0. The van der Waals surface area contributed by atoms with Gasteiger partial charge in [0.05, 0.1) is 0 Å². The Kier molecular flexibility index (Phi) is 7.16. The van der Waals surface area contributed by atoms with E-state index in [4.69, 9.17) is 0 Å². The first-order valence-corrected chi connectivity index (χ1v) is 17.4. The van der Waals surface area contributed by atoms with Crippen molar-refractivity contribution in [3.8, 4) is 44.5 Å². The Labute approximate surface area is 341 Å². The predicted molar refractivity (Wildman–Crippen MR) is 203 cm³/mol. The fourth-order valence-corrected chi connectivity index (χ4v) is 9.96. The van der Waals surface area contributed by atoms with Crippen LogP contribution in [0.4, 0.5) is 0 Å². The summed E-state index contributed by atoms with van der Waals surface area (Å²) in [7, 11) is 0. The molecule has 0 radical (unpaired) electrons. The number of fused-ring (bicyclic) bond motifs is 20. The van der Waals surface area contributed by atoms with Gasteiger partial charge in [0.25, 0.3) is 0 Å². The van der Waals surface area contributed by atoms with E-state index in [9.17, 15) is 0 Å². The minimum absolute atomic E-state index is 0.